The van der Waals surface area contributed by atoms with Gasteiger partial charge in [-0.3, -0.25) is 5.32 Å². The Bertz CT molecular complexity index is 1050. The van der Waals surface area contributed by atoms with Crippen LogP contribution in [0.3, 0.4) is 0 Å². The Balaban J connectivity index is 1.67. The van der Waals surface area contributed by atoms with E-state index in [4.69, 9.17) is 4.74 Å². The minimum absolute atomic E-state index is 0.0791. The van der Waals surface area contributed by atoms with Crippen LogP contribution in [0, 0.1) is 5.82 Å². The molecule has 0 fully saturated rings. The van der Waals surface area contributed by atoms with Crippen LogP contribution >= 0.6 is 11.3 Å². The van der Waals surface area contributed by atoms with Crippen LogP contribution in [-0.2, 0) is 10.0 Å². The number of amides is 2. The lowest BCUT2D eigenvalue weighted by molar-refractivity contribution is 0.256. The van der Waals surface area contributed by atoms with E-state index in [1.807, 2.05) is 4.72 Å². The number of aromatic nitrogens is 1. The second-order valence-electron chi connectivity index (χ2n) is 5.28. The number of nitrogens with zero attached hydrogens (tertiary/aromatic N) is 1. The molecule has 140 valence electrons. The van der Waals surface area contributed by atoms with Crippen LogP contribution in [0.2, 0.25) is 0 Å². The minimum atomic E-state index is -4.04. The van der Waals surface area contributed by atoms with Crippen molar-refractivity contribution >= 4 is 32.5 Å². The number of hydrogen-bond donors (Lipinski definition) is 2. The molecule has 2 aromatic carbocycles. The van der Waals surface area contributed by atoms with Gasteiger partial charge in [-0.15, -0.1) is 11.3 Å². The van der Waals surface area contributed by atoms with E-state index in [-0.39, 0.29) is 15.8 Å². The zero-order valence-corrected chi connectivity index (χ0v) is 15.6. The third-order valence-corrected chi connectivity index (χ3v) is 5.57. The fourth-order valence-corrected chi connectivity index (χ4v) is 3.76. The second-order valence-corrected chi connectivity index (χ2v) is 7.82. The van der Waals surface area contributed by atoms with E-state index in [0.717, 1.165) is 11.3 Å². The van der Waals surface area contributed by atoms with Crippen molar-refractivity contribution in [2.75, 3.05) is 12.4 Å². The number of sulfonamides is 1. The summed E-state index contributed by atoms with van der Waals surface area (Å²) in [6.45, 7) is 0. The van der Waals surface area contributed by atoms with Crippen LogP contribution in [0.4, 0.5) is 14.3 Å². The zero-order valence-electron chi connectivity index (χ0n) is 14.0. The summed E-state index contributed by atoms with van der Waals surface area (Å²) in [7, 11) is -2.58. The maximum absolute atomic E-state index is 13.0. The molecule has 0 saturated heterocycles. The number of methoxy groups -OCH3 is 1. The molecule has 2 N–H and O–H groups in total. The molecular weight excluding hydrogens is 393 g/mol. The second kappa shape index (κ2) is 7.72. The molecule has 3 aromatic rings. The van der Waals surface area contributed by atoms with E-state index in [1.54, 1.807) is 17.5 Å². The molecule has 27 heavy (non-hydrogen) atoms. The number of ether oxygens (including phenoxy) is 1. The minimum Gasteiger partial charge on any atom is -0.497 e. The first-order chi connectivity index (χ1) is 12.9. The monoisotopic (exact) mass is 407 g/mol. The predicted octanol–water partition coefficient (Wildman–Crippen LogP) is 3.47. The highest BCUT2D eigenvalue weighted by molar-refractivity contribution is 7.90. The molecular formula is C17H14FN3O4S2. The van der Waals surface area contributed by atoms with E-state index in [2.05, 4.69) is 10.3 Å². The molecule has 0 atom stereocenters. The Hall–Kier alpha value is -2.98. The molecule has 0 bridgehead atoms. The van der Waals surface area contributed by atoms with E-state index in [1.165, 1.54) is 43.5 Å². The van der Waals surface area contributed by atoms with Gasteiger partial charge in [0, 0.05) is 10.9 Å². The van der Waals surface area contributed by atoms with E-state index >= 15 is 0 Å². The summed E-state index contributed by atoms with van der Waals surface area (Å²) in [5, 5.41) is 4.24. The molecule has 0 aliphatic rings. The summed E-state index contributed by atoms with van der Waals surface area (Å²) in [4.78, 5) is 16.1. The number of rotatable bonds is 5. The largest absolute Gasteiger partial charge is 0.497 e. The highest BCUT2D eigenvalue weighted by Gasteiger charge is 2.18. The third kappa shape index (κ3) is 4.60. The molecule has 2 amide bonds. The first kappa shape index (κ1) is 18.8. The van der Waals surface area contributed by atoms with E-state index in [9.17, 15) is 17.6 Å². The fourth-order valence-electron chi connectivity index (χ4n) is 2.14. The topological polar surface area (TPSA) is 97.4 Å². The SMILES string of the molecule is COc1ccc(S(=O)(=O)NC(=O)Nc2nc(-c3ccc(F)cc3)cs2)cc1. The number of nitrogens with one attached hydrogen (secondary N) is 2. The van der Waals surface area contributed by atoms with Crippen molar-refractivity contribution in [3.05, 3.63) is 59.7 Å². The van der Waals surface area contributed by atoms with Crippen LogP contribution < -0.4 is 14.8 Å². The fraction of sp³-hybridized carbons (Fsp3) is 0.0588. The number of halogens is 1. The smallest absolute Gasteiger partial charge is 0.334 e. The van der Waals surface area contributed by atoms with Crippen molar-refractivity contribution in [1.82, 2.24) is 9.71 Å². The lowest BCUT2D eigenvalue weighted by Gasteiger charge is -2.07. The van der Waals surface area contributed by atoms with Gasteiger partial charge in [0.15, 0.2) is 5.13 Å². The molecule has 0 spiro atoms. The Morgan fingerprint density at radius 3 is 2.41 bits per heavy atom. The number of benzene rings is 2. The average Bonchev–Trinajstić information content (AvgIpc) is 3.10. The van der Waals surface area contributed by atoms with E-state index < -0.39 is 16.1 Å². The Morgan fingerprint density at radius 1 is 1.11 bits per heavy atom. The molecule has 0 aliphatic carbocycles. The molecule has 7 nitrogen and oxygen atoms in total. The lowest BCUT2D eigenvalue weighted by atomic mass is 10.2. The summed E-state index contributed by atoms with van der Waals surface area (Å²) in [5.41, 5.74) is 1.21. The normalized spacial score (nSPS) is 11.0. The molecule has 1 aromatic heterocycles. The summed E-state index contributed by atoms with van der Waals surface area (Å²) in [5.74, 6) is 0.130. The number of carbonyl (C=O) groups is 1. The summed E-state index contributed by atoms with van der Waals surface area (Å²) in [6.07, 6.45) is 0. The molecule has 10 heteroatoms. The highest BCUT2D eigenvalue weighted by Crippen LogP contribution is 2.25. The van der Waals surface area contributed by atoms with Gasteiger partial charge in [-0.05, 0) is 48.5 Å². The van der Waals surface area contributed by atoms with Crippen molar-refractivity contribution in [3.63, 3.8) is 0 Å². The maximum atomic E-state index is 13.0. The molecule has 1 heterocycles. The molecule has 0 radical (unpaired) electrons. The zero-order chi connectivity index (χ0) is 19.4. The van der Waals surface area contributed by atoms with Gasteiger partial charge in [0.25, 0.3) is 10.0 Å². The highest BCUT2D eigenvalue weighted by atomic mass is 32.2. The predicted molar refractivity (Wildman–Crippen MR) is 99.8 cm³/mol. The van der Waals surface area contributed by atoms with Crippen molar-refractivity contribution in [1.29, 1.82) is 0 Å². The van der Waals surface area contributed by atoms with Gasteiger partial charge in [0.05, 0.1) is 17.7 Å². The van der Waals surface area contributed by atoms with Gasteiger partial charge >= 0.3 is 6.03 Å². The van der Waals surface area contributed by atoms with Gasteiger partial charge in [-0.1, -0.05) is 0 Å². The Kier molecular flexibility index (Phi) is 5.38. The van der Waals surface area contributed by atoms with Crippen LogP contribution in [0.25, 0.3) is 11.3 Å². The van der Waals surface area contributed by atoms with Crippen LogP contribution in [0.5, 0.6) is 5.75 Å². The molecule has 0 aliphatic heterocycles. The van der Waals surface area contributed by atoms with Crippen LogP contribution in [-0.4, -0.2) is 26.5 Å². The molecule has 3 rings (SSSR count). The first-order valence-electron chi connectivity index (χ1n) is 7.57. The maximum Gasteiger partial charge on any atom is 0.334 e. The van der Waals surface area contributed by atoms with E-state index in [0.29, 0.717) is 17.0 Å². The van der Waals surface area contributed by atoms with Crippen LogP contribution in [0.1, 0.15) is 0 Å². The van der Waals surface area contributed by atoms with Crippen molar-refractivity contribution in [3.8, 4) is 17.0 Å². The van der Waals surface area contributed by atoms with Crippen LogP contribution in [0.15, 0.2) is 58.8 Å². The molecule has 0 unspecified atom stereocenters. The number of thiazole rings is 1. The van der Waals surface area contributed by atoms with Gasteiger partial charge < -0.3 is 4.74 Å². The number of carbonyl (C=O) groups excluding carboxylic acids is 1. The van der Waals surface area contributed by atoms with Gasteiger partial charge in [-0.2, -0.15) is 0 Å². The average molecular weight is 407 g/mol. The summed E-state index contributed by atoms with van der Waals surface area (Å²) >= 11 is 1.12. The number of urea groups is 1. The quantitative estimate of drug-likeness (QED) is 0.675. The number of hydrogen-bond acceptors (Lipinski definition) is 6. The Morgan fingerprint density at radius 2 is 1.78 bits per heavy atom. The standard InChI is InChI=1S/C17H14FN3O4S2/c1-25-13-6-8-14(9-7-13)27(23,24)21-16(22)20-17-19-15(10-26-17)11-2-4-12(18)5-3-11/h2-10H,1H3,(H2,19,20,21,22). The Labute approximate surface area is 158 Å². The third-order valence-electron chi connectivity index (χ3n) is 3.46. The number of anilines is 1. The summed E-state index contributed by atoms with van der Waals surface area (Å²) in [6, 6.07) is 10.4. The van der Waals surface area contributed by atoms with Crippen molar-refractivity contribution in [2.24, 2.45) is 0 Å². The van der Waals surface area contributed by atoms with Gasteiger partial charge in [-0.25, -0.2) is 27.3 Å². The van der Waals surface area contributed by atoms with Gasteiger partial charge in [0.2, 0.25) is 0 Å². The summed E-state index contributed by atoms with van der Waals surface area (Å²) < 4.78 is 44.3. The van der Waals surface area contributed by atoms with Crippen molar-refractivity contribution < 1.29 is 22.3 Å². The lowest BCUT2D eigenvalue weighted by Crippen LogP contribution is -2.34. The molecule has 0 saturated carbocycles. The first-order valence-corrected chi connectivity index (χ1v) is 9.93. The van der Waals surface area contributed by atoms with Gasteiger partial charge in [0.1, 0.15) is 11.6 Å². The van der Waals surface area contributed by atoms with Crippen molar-refractivity contribution in [2.45, 2.75) is 4.90 Å².